The van der Waals surface area contributed by atoms with Crippen molar-refractivity contribution in [1.29, 1.82) is 0 Å². The molecule has 6 nitrogen and oxygen atoms in total. The number of nitrogens with zero attached hydrogens (tertiary/aromatic N) is 1. The second-order valence-electron chi connectivity index (χ2n) is 5.85. The molecule has 146 valence electrons. The molecule has 0 radical (unpaired) electrons. The van der Waals surface area contributed by atoms with Gasteiger partial charge in [0, 0.05) is 29.6 Å². The van der Waals surface area contributed by atoms with E-state index in [0.29, 0.717) is 23.1 Å². The lowest BCUT2D eigenvalue weighted by molar-refractivity contribution is 0.0945. The number of fused-ring (bicyclic) bond motifs is 1. The van der Waals surface area contributed by atoms with Gasteiger partial charge in [-0.1, -0.05) is 0 Å². The number of halogens is 2. The first-order chi connectivity index (χ1) is 13.5. The zero-order chi connectivity index (χ0) is 20.3. The van der Waals surface area contributed by atoms with E-state index >= 15 is 0 Å². The number of nitrogens with one attached hydrogen (secondary N) is 1. The molecule has 1 N–H and O–H groups in total. The van der Waals surface area contributed by atoms with Gasteiger partial charge in [-0.05, 0) is 24.3 Å². The van der Waals surface area contributed by atoms with Gasteiger partial charge in [-0.3, -0.25) is 4.79 Å². The summed E-state index contributed by atoms with van der Waals surface area (Å²) in [6.45, 7) is 0.132. The SMILES string of the molecule is COc1ccc(OC)c(CNC(=O)c2cc(OC)c3cc(F)cc(F)c3n2)c1. The molecular weight excluding hydrogens is 370 g/mol. The van der Waals surface area contributed by atoms with Crippen LogP contribution in [-0.4, -0.2) is 32.2 Å². The topological polar surface area (TPSA) is 69.7 Å². The van der Waals surface area contributed by atoms with Crippen molar-refractivity contribution in [3.8, 4) is 17.2 Å². The lowest BCUT2D eigenvalue weighted by Gasteiger charge is -2.12. The van der Waals surface area contributed by atoms with Crippen molar-refractivity contribution in [3.63, 3.8) is 0 Å². The third-order valence-electron chi connectivity index (χ3n) is 4.17. The minimum Gasteiger partial charge on any atom is -0.497 e. The number of rotatable bonds is 6. The summed E-state index contributed by atoms with van der Waals surface area (Å²) in [5.41, 5.74) is 0.484. The Labute approximate surface area is 160 Å². The molecule has 0 unspecified atom stereocenters. The van der Waals surface area contributed by atoms with Gasteiger partial charge in [-0.15, -0.1) is 0 Å². The van der Waals surface area contributed by atoms with Crippen LogP contribution in [0.1, 0.15) is 16.1 Å². The van der Waals surface area contributed by atoms with Gasteiger partial charge in [0.25, 0.3) is 5.91 Å². The number of amides is 1. The molecule has 28 heavy (non-hydrogen) atoms. The molecule has 0 saturated carbocycles. The van der Waals surface area contributed by atoms with E-state index in [1.165, 1.54) is 27.4 Å². The lowest BCUT2D eigenvalue weighted by Crippen LogP contribution is -2.24. The smallest absolute Gasteiger partial charge is 0.270 e. The minimum absolute atomic E-state index is 0.0586. The van der Waals surface area contributed by atoms with Crippen molar-refractivity contribution < 1.29 is 27.8 Å². The van der Waals surface area contributed by atoms with E-state index in [-0.39, 0.29) is 28.9 Å². The van der Waals surface area contributed by atoms with Gasteiger partial charge in [-0.25, -0.2) is 13.8 Å². The first-order valence-electron chi connectivity index (χ1n) is 8.29. The van der Waals surface area contributed by atoms with E-state index in [2.05, 4.69) is 10.3 Å². The van der Waals surface area contributed by atoms with Crippen molar-refractivity contribution in [2.75, 3.05) is 21.3 Å². The maximum Gasteiger partial charge on any atom is 0.270 e. The summed E-state index contributed by atoms with van der Waals surface area (Å²) in [5.74, 6) is -0.850. The number of pyridine rings is 1. The van der Waals surface area contributed by atoms with Crippen molar-refractivity contribution in [2.45, 2.75) is 6.54 Å². The Morgan fingerprint density at radius 1 is 1.00 bits per heavy atom. The molecule has 0 aliphatic carbocycles. The highest BCUT2D eigenvalue weighted by Crippen LogP contribution is 2.28. The Hall–Kier alpha value is -3.42. The second kappa shape index (κ2) is 8.08. The van der Waals surface area contributed by atoms with Crippen LogP contribution in [0.3, 0.4) is 0 Å². The van der Waals surface area contributed by atoms with Crippen molar-refractivity contribution in [3.05, 3.63) is 59.3 Å². The van der Waals surface area contributed by atoms with Crippen LogP contribution in [0.5, 0.6) is 17.2 Å². The molecule has 1 amide bonds. The number of aromatic nitrogens is 1. The predicted molar refractivity (Wildman–Crippen MR) is 98.9 cm³/mol. The lowest BCUT2D eigenvalue weighted by atomic mass is 10.1. The average molecular weight is 388 g/mol. The van der Waals surface area contributed by atoms with Gasteiger partial charge in [0.05, 0.1) is 21.3 Å². The molecule has 0 bridgehead atoms. The Morgan fingerprint density at radius 2 is 1.75 bits per heavy atom. The van der Waals surface area contributed by atoms with Crippen molar-refractivity contribution >= 4 is 16.8 Å². The summed E-state index contributed by atoms with van der Waals surface area (Å²) in [6.07, 6.45) is 0. The molecule has 0 atom stereocenters. The van der Waals surface area contributed by atoms with Crippen LogP contribution in [-0.2, 0) is 6.54 Å². The van der Waals surface area contributed by atoms with E-state index in [4.69, 9.17) is 14.2 Å². The average Bonchev–Trinajstić information content (AvgIpc) is 2.70. The van der Waals surface area contributed by atoms with E-state index in [9.17, 15) is 13.6 Å². The number of carbonyl (C=O) groups is 1. The van der Waals surface area contributed by atoms with Crippen LogP contribution >= 0.6 is 0 Å². The largest absolute Gasteiger partial charge is 0.497 e. The molecule has 2 aromatic carbocycles. The summed E-state index contributed by atoms with van der Waals surface area (Å²) in [5, 5.41) is 2.84. The Kier molecular flexibility index (Phi) is 5.58. The Bertz CT molecular complexity index is 1040. The standard InChI is InChI=1S/C20H18F2N2O4/c1-26-13-4-5-17(27-2)11(6-13)10-23-20(25)16-9-18(28-3)14-7-12(21)8-15(22)19(14)24-16/h4-9H,10H2,1-3H3,(H,23,25). The fraction of sp³-hybridized carbons (Fsp3) is 0.200. The molecular formula is C20H18F2N2O4. The van der Waals surface area contributed by atoms with Gasteiger partial charge in [0.1, 0.15) is 34.3 Å². The van der Waals surface area contributed by atoms with Crippen molar-refractivity contribution in [1.82, 2.24) is 10.3 Å². The molecule has 0 saturated heterocycles. The third kappa shape index (κ3) is 3.80. The highest BCUT2D eigenvalue weighted by molar-refractivity contribution is 5.97. The normalized spacial score (nSPS) is 10.6. The summed E-state index contributed by atoms with van der Waals surface area (Å²) >= 11 is 0. The summed E-state index contributed by atoms with van der Waals surface area (Å²) in [4.78, 5) is 16.6. The van der Waals surface area contributed by atoms with Crippen LogP contribution in [0.25, 0.3) is 10.9 Å². The van der Waals surface area contributed by atoms with Crippen molar-refractivity contribution in [2.24, 2.45) is 0 Å². The first-order valence-corrected chi connectivity index (χ1v) is 8.29. The fourth-order valence-electron chi connectivity index (χ4n) is 2.79. The number of hydrogen-bond acceptors (Lipinski definition) is 5. The molecule has 3 aromatic rings. The Morgan fingerprint density at radius 3 is 2.43 bits per heavy atom. The first kappa shape index (κ1) is 19.3. The van der Waals surface area contributed by atoms with E-state index in [1.807, 2.05) is 0 Å². The van der Waals surface area contributed by atoms with Crippen LogP contribution < -0.4 is 19.5 Å². The molecule has 8 heteroatoms. The maximum absolute atomic E-state index is 14.1. The van der Waals surface area contributed by atoms with E-state index < -0.39 is 17.5 Å². The van der Waals surface area contributed by atoms with Crippen LogP contribution in [0.4, 0.5) is 8.78 Å². The zero-order valence-corrected chi connectivity index (χ0v) is 15.5. The van der Waals surface area contributed by atoms with Gasteiger partial charge in [-0.2, -0.15) is 0 Å². The van der Waals surface area contributed by atoms with Gasteiger partial charge in [0.2, 0.25) is 0 Å². The van der Waals surface area contributed by atoms with Gasteiger partial charge < -0.3 is 19.5 Å². The Balaban J connectivity index is 1.90. The summed E-state index contributed by atoms with van der Waals surface area (Å²) < 4.78 is 43.2. The minimum atomic E-state index is -0.877. The molecule has 1 aromatic heterocycles. The molecule has 0 aliphatic rings. The number of benzene rings is 2. The molecule has 0 fully saturated rings. The van der Waals surface area contributed by atoms with E-state index in [1.54, 1.807) is 18.2 Å². The number of ether oxygens (including phenoxy) is 3. The number of carbonyl (C=O) groups excluding carboxylic acids is 1. The number of hydrogen-bond donors (Lipinski definition) is 1. The molecule has 3 rings (SSSR count). The quantitative estimate of drug-likeness (QED) is 0.700. The van der Waals surface area contributed by atoms with Crippen LogP contribution in [0.15, 0.2) is 36.4 Å². The van der Waals surface area contributed by atoms with Crippen LogP contribution in [0.2, 0.25) is 0 Å². The van der Waals surface area contributed by atoms with Gasteiger partial charge >= 0.3 is 0 Å². The highest BCUT2D eigenvalue weighted by Gasteiger charge is 2.17. The molecule has 0 spiro atoms. The van der Waals surface area contributed by atoms with Crippen LogP contribution in [0, 0.1) is 11.6 Å². The highest BCUT2D eigenvalue weighted by atomic mass is 19.1. The zero-order valence-electron chi connectivity index (χ0n) is 15.5. The predicted octanol–water partition coefficient (Wildman–Crippen LogP) is 3.47. The fourth-order valence-corrected chi connectivity index (χ4v) is 2.79. The number of methoxy groups -OCH3 is 3. The third-order valence-corrected chi connectivity index (χ3v) is 4.17. The summed E-state index contributed by atoms with van der Waals surface area (Å²) in [7, 11) is 4.40. The monoisotopic (exact) mass is 388 g/mol. The second-order valence-corrected chi connectivity index (χ2v) is 5.85. The molecule has 0 aliphatic heterocycles. The molecule has 1 heterocycles. The summed E-state index contributed by atoms with van der Waals surface area (Å²) in [6, 6.07) is 8.34. The maximum atomic E-state index is 14.1. The van der Waals surface area contributed by atoms with Gasteiger partial charge in [0.15, 0.2) is 5.82 Å². The van der Waals surface area contributed by atoms with E-state index in [0.717, 1.165) is 6.07 Å².